The van der Waals surface area contributed by atoms with Gasteiger partial charge in [-0.3, -0.25) is 4.99 Å². The summed E-state index contributed by atoms with van der Waals surface area (Å²) in [5.74, 6) is 0. The Morgan fingerprint density at radius 3 is 3.00 bits per heavy atom. The van der Waals surface area contributed by atoms with Crippen LogP contribution in [0.5, 0.6) is 0 Å². The van der Waals surface area contributed by atoms with Crippen molar-refractivity contribution in [1.82, 2.24) is 0 Å². The largest absolute Gasteiger partial charge is 0.269 e. The summed E-state index contributed by atoms with van der Waals surface area (Å²) in [6.07, 6.45) is 4.61. The van der Waals surface area contributed by atoms with Gasteiger partial charge in [-0.1, -0.05) is 13.5 Å². The van der Waals surface area contributed by atoms with Crippen molar-refractivity contribution in [3.8, 4) is 0 Å². The summed E-state index contributed by atoms with van der Waals surface area (Å²) in [4.78, 5) is 3.95. The van der Waals surface area contributed by atoms with Gasteiger partial charge in [-0.2, -0.15) is 0 Å². The summed E-state index contributed by atoms with van der Waals surface area (Å²) in [5, 5.41) is 3.65. The highest BCUT2D eigenvalue weighted by Crippen LogP contribution is 2.00. The minimum atomic E-state index is 0.989. The van der Waals surface area contributed by atoms with Crippen LogP contribution in [-0.2, 0) is 0 Å². The molecule has 0 atom stereocenters. The lowest BCUT2D eigenvalue weighted by Gasteiger charge is -1.76. The van der Waals surface area contributed by atoms with Crippen LogP contribution in [0.4, 0.5) is 0 Å². The van der Waals surface area contributed by atoms with Crippen molar-refractivity contribution in [2.75, 3.05) is 0 Å². The predicted octanol–water partition coefficient (Wildman–Crippen LogP) is 2.82. The number of nitrogens with zero attached hydrogens (tertiary/aromatic N) is 1. The summed E-state index contributed by atoms with van der Waals surface area (Å²) < 4.78 is 0. The first-order chi connectivity index (χ1) is 4.41. The van der Waals surface area contributed by atoms with E-state index in [-0.39, 0.29) is 0 Å². The lowest BCUT2D eigenvalue weighted by Crippen LogP contribution is -1.61. The van der Waals surface area contributed by atoms with E-state index in [2.05, 4.69) is 18.5 Å². The molecule has 2 heteroatoms. The van der Waals surface area contributed by atoms with Crippen LogP contribution in [0.2, 0.25) is 0 Å². The van der Waals surface area contributed by atoms with Crippen LogP contribution >= 0.6 is 11.8 Å². The van der Waals surface area contributed by atoms with E-state index in [4.69, 9.17) is 0 Å². The molecule has 0 aromatic rings. The van der Waals surface area contributed by atoms with Crippen LogP contribution in [-0.4, -0.2) is 6.21 Å². The number of hydrogen-bond donors (Lipinski definition) is 0. The third-order valence-electron chi connectivity index (χ3n) is 0.610. The molecule has 0 aromatic heterocycles. The SMILES string of the molecule is C=CS/C=C\N=CCC. The van der Waals surface area contributed by atoms with Gasteiger partial charge in [-0.15, -0.1) is 11.8 Å². The number of aliphatic imine (C=N–C) groups is 1. The quantitative estimate of drug-likeness (QED) is 0.548. The second-order valence-corrected chi connectivity index (χ2v) is 2.21. The van der Waals surface area contributed by atoms with Crippen LogP contribution in [0.1, 0.15) is 13.3 Å². The Balaban J connectivity index is 3.23. The molecule has 0 unspecified atom stereocenters. The average molecular weight is 141 g/mol. The summed E-state index contributed by atoms with van der Waals surface area (Å²) in [6, 6.07) is 0. The topological polar surface area (TPSA) is 12.4 Å². The molecule has 0 radical (unpaired) electrons. The summed E-state index contributed by atoms with van der Waals surface area (Å²) >= 11 is 1.53. The molecule has 9 heavy (non-hydrogen) atoms. The van der Waals surface area contributed by atoms with E-state index in [9.17, 15) is 0 Å². The van der Waals surface area contributed by atoms with Crippen molar-refractivity contribution in [3.05, 3.63) is 23.6 Å². The Labute approximate surface area is 60.6 Å². The van der Waals surface area contributed by atoms with Gasteiger partial charge in [-0.25, -0.2) is 0 Å². The Morgan fingerprint density at radius 2 is 2.44 bits per heavy atom. The predicted molar refractivity (Wildman–Crippen MR) is 45.7 cm³/mol. The number of thioether (sulfide) groups is 1. The lowest BCUT2D eigenvalue weighted by atomic mass is 10.5. The van der Waals surface area contributed by atoms with Gasteiger partial charge in [0.05, 0.1) is 0 Å². The summed E-state index contributed by atoms with van der Waals surface area (Å²) in [7, 11) is 0. The minimum absolute atomic E-state index is 0.989. The zero-order valence-electron chi connectivity index (χ0n) is 5.58. The molecule has 0 rings (SSSR count). The third-order valence-corrected chi connectivity index (χ3v) is 1.08. The second kappa shape index (κ2) is 7.50. The summed E-state index contributed by atoms with van der Waals surface area (Å²) in [6.45, 7) is 5.59. The van der Waals surface area contributed by atoms with Gasteiger partial charge in [0.2, 0.25) is 0 Å². The maximum absolute atomic E-state index is 3.95. The van der Waals surface area contributed by atoms with E-state index in [1.54, 1.807) is 11.6 Å². The maximum Gasteiger partial charge on any atom is 0.0330 e. The molecule has 0 saturated carbocycles. The molecule has 0 amide bonds. The zero-order valence-corrected chi connectivity index (χ0v) is 6.40. The van der Waals surface area contributed by atoms with E-state index in [0.717, 1.165) is 6.42 Å². The molecule has 0 aromatic carbocycles. The number of hydrogen-bond acceptors (Lipinski definition) is 2. The molecule has 0 fully saturated rings. The molecular formula is C7H11NS. The van der Waals surface area contributed by atoms with Crippen LogP contribution < -0.4 is 0 Å². The van der Waals surface area contributed by atoms with Gasteiger partial charge < -0.3 is 0 Å². The summed E-state index contributed by atoms with van der Waals surface area (Å²) in [5.41, 5.74) is 0. The van der Waals surface area contributed by atoms with Gasteiger partial charge in [0.1, 0.15) is 0 Å². The molecule has 0 spiro atoms. The Bertz CT molecular complexity index is 116. The standard InChI is InChI=1S/C7H11NS/c1-3-5-8-6-7-9-4-2/h4-7H,2-3H2,1H3/b7-6-,8-5?. The van der Waals surface area contributed by atoms with Crippen LogP contribution in [0.15, 0.2) is 28.6 Å². The Kier molecular flexibility index (Phi) is 7.08. The Morgan fingerprint density at radius 1 is 1.67 bits per heavy atom. The van der Waals surface area contributed by atoms with E-state index in [1.807, 2.05) is 11.6 Å². The first kappa shape index (κ1) is 8.50. The van der Waals surface area contributed by atoms with Crippen molar-refractivity contribution in [2.24, 2.45) is 4.99 Å². The second-order valence-electron chi connectivity index (χ2n) is 1.33. The fourth-order valence-electron chi connectivity index (χ4n) is 0.292. The highest BCUT2D eigenvalue weighted by Gasteiger charge is 1.64. The molecule has 1 nitrogen and oxygen atoms in total. The van der Waals surface area contributed by atoms with Crippen molar-refractivity contribution in [1.29, 1.82) is 0 Å². The van der Waals surface area contributed by atoms with E-state index in [1.165, 1.54) is 11.8 Å². The monoisotopic (exact) mass is 141 g/mol. The number of rotatable bonds is 4. The highest BCUT2D eigenvalue weighted by molar-refractivity contribution is 8.04. The first-order valence-corrected chi connectivity index (χ1v) is 3.79. The zero-order chi connectivity index (χ0) is 6.95. The normalized spacial score (nSPS) is 11.2. The molecular weight excluding hydrogens is 130 g/mol. The molecule has 0 N–H and O–H groups in total. The van der Waals surface area contributed by atoms with E-state index in [0.29, 0.717) is 0 Å². The lowest BCUT2D eigenvalue weighted by molar-refractivity contribution is 1.31. The van der Waals surface area contributed by atoms with Gasteiger partial charge in [0, 0.05) is 12.4 Å². The van der Waals surface area contributed by atoms with Crippen molar-refractivity contribution >= 4 is 18.0 Å². The minimum Gasteiger partial charge on any atom is -0.269 e. The fraction of sp³-hybridized carbons (Fsp3) is 0.286. The van der Waals surface area contributed by atoms with Crippen molar-refractivity contribution in [3.63, 3.8) is 0 Å². The van der Waals surface area contributed by atoms with Gasteiger partial charge in [0.25, 0.3) is 0 Å². The van der Waals surface area contributed by atoms with Gasteiger partial charge in [0.15, 0.2) is 0 Å². The average Bonchev–Trinajstić information content (AvgIpc) is 1.89. The molecule has 0 aliphatic carbocycles. The molecule has 0 bridgehead atoms. The van der Waals surface area contributed by atoms with E-state index >= 15 is 0 Å². The fourth-order valence-corrected chi connectivity index (χ4v) is 0.544. The molecule has 0 saturated heterocycles. The third kappa shape index (κ3) is 7.50. The van der Waals surface area contributed by atoms with Crippen molar-refractivity contribution < 1.29 is 0 Å². The van der Waals surface area contributed by atoms with E-state index < -0.39 is 0 Å². The van der Waals surface area contributed by atoms with Gasteiger partial charge in [-0.05, 0) is 17.2 Å². The van der Waals surface area contributed by atoms with Crippen LogP contribution in [0, 0.1) is 0 Å². The highest BCUT2D eigenvalue weighted by atomic mass is 32.2. The molecule has 0 aliphatic heterocycles. The molecule has 0 aliphatic rings. The first-order valence-electron chi connectivity index (χ1n) is 2.84. The maximum atomic E-state index is 3.95. The smallest absolute Gasteiger partial charge is 0.0330 e. The van der Waals surface area contributed by atoms with Crippen molar-refractivity contribution in [2.45, 2.75) is 13.3 Å². The van der Waals surface area contributed by atoms with Gasteiger partial charge >= 0.3 is 0 Å². The molecule has 50 valence electrons. The van der Waals surface area contributed by atoms with Crippen LogP contribution in [0.3, 0.4) is 0 Å². The Hall–Kier alpha value is -0.500. The van der Waals surface area contributed by atoms with Crippen LogP contribution in [0.25, 0.3) is 0 Å². The molecule has 0 heterocycles.